The van der Waals surface area contributed by atoms with Crippen molar-refractivity contribution in [1.29, 1.82) is 0 Å². The summed E-state index contributed by atoms with van der Waals surface area (Å²) >= 11 is 7.20. The molecule has 1 N–H and O–H groups in total. The standard InChI is InChI=1S/C23H20ClFN6OS/c1-14-19-21(31-10-8-30(9-11-31)17-5-3-2-4-16(17)25)27-13-28-23(19)33-20(14)22(32)29-18-7-6-15(24)12-26-18/h2-7,12-13H,8-11H2,1H3,(H,26,29,32). The number of nitrogens with one attached hydrogen (secondary N) is 1. The summed E-state index contributed by atoms with van der Waals surface area (Å²) < 4.78 is 14.2. The third kappa shape index (κ3) is 4.21. The van der Waals surface area contributed by atoms with Crippen LogP contribution in [-0.2, 0) is 0 Å². The van der Waals surface area contributed by atoms with Gasteiger partial charge in [0.05, 0.1) is 21.0 Å². The summed E-state index contributed by atoms with van der Waals surface area (Å²) in [5.74, 6) is 0.762. The number of nitrogens with zero attached hydrogens (tertiary/aromatic N) is 5. The van der Waals surface area contributed by atoms with Gasteiger partial charge in [0.2, 0.25) is 0 Å². The summed E-state index contributed by atoms with van der Waals surface area (Å²) in [7, 11) is 0. The summed E-state index contributed by atoms with van der Waals surface area (Å²) in [6.07, 6.45) is 3.01. The fourth-order valence-corrected chi connectivity index (χ4v) is 5.15. The van der Waals surface area contributed by atoms with Crippen LogP contribution >= 0.6 is 22.9 Å². The Kier molecular flexibility index (Phi) is 5.82. The second kappa shape index (κ2) is 8.92. The maximum Gasteiger partial charge on any atom is 0.267 e. The van der Waals surface area contributed by atoms with Crippen LogP contribution in [0.25, 0.3) is 10.2 Å². The maximum atomic E-state index is 14.2. The molecule has 1 aliphatic heterocycles. The first kappa shape index (κ1) is 21.5. The number of hydrogen-bond acceptors (Lipinski definition) is 7. The van der Waals surface area contributed by atoms with Gasteiger partial charge in [0, 0.05) is 32.4 Å². The molecule has 0 unspecified atom stereocenters. The SMILES string of the molecule is Cc1c(C(=O)Nc2ccc(Cl)cn2)sc2ncnc(N3CCN(c4ccccc4F)CC3)c12. The number of para-hydroxylation sites is 1. The van der Waals surface area contributed by atoms with E-state index < -0.39 is 0 Å². The van der Waals surface area contributed by atoms with E-state index in [-0.39, 0.29) is 11.7 Å². The zero-order valence-corrected chi connectivity index (χ0v) is 19.3. The number of anilines is 3. The van der Waals surface area contributed by atoms with Gasteiger partial charge in [-0.3, -0.25) is 4.79 Å². The number of carbonyl (C=O) groups excluding carboxylic acids is 1. The number of carbonyl (C=O) groups is 1. The zero-order valence-electron chi connectivity index (χ0n) is 17.8. The van der Waals surface area contributed by atoms with E-state index >= 15 is 0 Å². The largest absolute Gasteiger partial charge is 0.366 e. The highest BCUT2D eigenvalue weighted by molar-refractivity contribution is 7.20. The molecule has 1 fully saturated rings. The Morgan fingerprint density at radius 1 is 1.06 bits per heavy atom. The molecule has 4 heterocycles. The molecule has 10 heteroatoms. The number of rotatable bonds is 4. The lowest BCUT2D eigenvalue weighted by atomic mass is 10.1. The minimum Gasteiger partial charge on any atom is -0.366 e. The molecule has 1 aliphatic rings. The van der Waals surface area contributed by atoms with E-state index in [9.17, 15) is 9.18 Å². The molecule has 1 aromatic carbocycles. The molecule has 7 nitrogen and oxygen atoms in total. The smallest absolute Gasteiger partial charge is 0.267 e. The first-order valence-corrected chi connectivity index (χ1v) is 11.6. The molecular formula is C23H20ClFN6OS. The normalized spacial score (nSPS) is 14.0. The number of thiophene rings is 1. The van der Waals surface area contributed by atoms with E-state index in [1.807, 2.05) is 17.9 Å². The van der Waals surface area contributed by atoms with Gasteiger partial charge in [0.15, 0.2) is 0 Å². The fourth-order valence-electron chi connectivity index (χ4n) is 4.00. The van der Waals surface area contributed by atoms with Crippen molar-refractivity contribution in [1.82, 2.24) is 15.0 Å². The zero-order chi connectivity index (χ0) is 22.9. The van der Waals surface area contributed by atoms with Gasteiger partial charge in [-0.15, -0.1) is 11.3 Å². The minimum absolute atomic E-state index is 0.213. The molecule has 0 bridgehead atoms. The number of aryl methyl sites for hydroxylation is 1. The number of pyridine rings is 1. The molecule has 33 heavy (non-hydrogen) atoms. The van der Waals surface area contributed by atoms with Crippen molar-refractivity contribution < 1.29 is 9.18 Å². The van der Waals surface area contributed by atoms with Crippen molar-refractivity contribution in [3.63, 3.8) is 0 Å². The lowest BCUT2D eigenvalue weighted by Gasteiger charge is -2.37. The maximum absolute atomic E-state index is 14.2. The number of amides is 1. The summed E-state index contributed by atoms with van der Waals surface area (Å²) in [4.78, 5) is 31.5. The Hall–Kier alpha value is -3.30. The van der Waals surface area contributed by atoms with E-state index in [0.717, 1.165) is 21.6 Å². The fraction of sp³-hybridized carbons (Fsp3) is 0.217. The second-order valence-corrected chi connectivity index (χ2v) is 9.11. The third-order valence-electron chi connectivity index (χ3n) is 5.65. The van der Waals surface area contributed by atoms with Crippen LogP contribution in [0, 0.1) is 12.7 Å². The van der Waals surface area contributed by atoms with Gasteiger partial charge in [0.25, 0.3) is 5.91 Å². The molecule has 3 aromatic heterocycles. The number of piperazine rings is 1. The molecule has 1 amide bonds. The lowest BCUT2D eigenvalue weighted by Crippen LogP contribution is -2.47. The molecule has 1 saturated heterocycles. The number of hydrogen-bond donors (Lipinski definition) is 1. The average molecular weight is 483 g/mol. The Labute approximate surface area is 198 Å². The third-order valence-corrected chi connectivity index (χ3v) is 7.08. The Morgan fingerprint density at radius 3 is 2.55 bits per heavy atom. The van der Waals surface area contributed by atoms with E-state index in [2.05, 4.69) is 25.2 Å². The van der Waals surface area contributed by atoms with Crippen molar-refractivity contribution in [2.24, 2.45) is 0 Å². The van der Waals surface area contributed by atoms with Gasteiger partial charge in [-0.1, -0.05) is 23.7 Å². The second-order valence-electron chi connectivity index (χ2n) is 7.67. The van der Waals surface area contributed by atoms with Crippen LogP contribution in [0.2, 0.25) is 5.02 Å². The summed E-state index contributed by atoms with van der Waals surface area (Å²) in [6.45, 7) is 4.62. The van der Waals surface area contributed by atoms with Gasteiger partial charge in [-0.05, 0) is 36.8 Å². The van der Waals surface area contributed by atoms with Gasteiger partial charge >= 0.3 is 0 Å². The van der Waals surface area contributed by atoms with E-state index in [0.29, 0.717) is 47.6 Å². The van der Waals surface area contributed by atoms with Crippen LogP contribution in [0.4, 0.5) is 21.7 Å². The highest BCUT2D eigenvalue weighted by atomic mass is 35.5. The van der Waals surface area contributed by atoms with Crippen LogP contribution in [0.3, 0.4) is 0 Å². The van der Waals surface area contributed by atoms with Crippen LogP contribution in [0.1, 0.15) is 15.2 Å². The molecule has 4 aromatic rings. The van der Waals surface area contributed by atoms with Crippen molar-refractivity contribution in [2.45, 2.75) is 6.92 Å². The molecule has 0 spiro atoms. The van der Waals surface area contributed by atoms with Crippen molar-refractivity contribution in [3.8, 4) is 0 Å². The Bertz CT molecular complexity index is 1320. The molecule has 0 atom stereocenters. The topological polar surface area (TPSA) is 74.2 Å². The van der Waals surface area contributed by atoms with E-state index in [1.165, 1.54) is 29.9 Å². The van der Waals surface area contributed by atoms with Crippen molar-refractivity contribution in [3.05, 3.63) is 70.2 Å². The van der Waals surface area contributed by atoms with Gasteiger partial charge in [-0.2, -0.15) is 0 Å². The van der Waals surface area contributed by atoms with Gasteiger partial charge in [-0.25, -0.2) is 19.3 Å². The first-order valence-electron chi connectivity index (χ1n) is 10.4. The van der Waals surface area contributed by atoms with Gasteiger partial charge in [0.1, 0.15) is 28.6 Å². The van der Waals surface area contributed by atoms with Crippen molar-refractivity contribution >= 4 is 56.4 Å². The summed E-state index contributed by atoms with van der Waals surface area (Å²) in [6, 6.07) is 10.2. The summed E-state index contributed by atoms with van der Waals surface area (Å²) in [5, 5.41) is 4.19. The first-order chi connectivity index (χ1) is 16.0. The Balaban J connectivity index is 1.39. The summed E-state index contributed by atoms with van der Waals surface area (Å²) in [5.41, 5.74) is 1.44. The van der Waals surface area contributed by atoms with E-state index in [1.54, 1.807) is 24.3 Å². The van der Waals surface area contributed by atoms with E-state index in [4.69, 9.17) is 11.6 Å². The highest BCUT2D eigenvalue weighted by Gasteiger charge is 2.25. The highest BCUT2D eigenvalue weighted by Crippen LogP contribution is 2.36. The number of aromatic nitrogens is 3. The number of fused-ring (bicyclic) bond motifs is 1. The Morgan fingerprint density at radius 2 is 1.82 bits per heavy atom. The van der Waals surface area contributed by atoms with Crippen LogP contribution < -0.4 is 15.1 Å². The molecular weight excluding hydrogens is 463 g/mol. The number of halogens is 2. The molecule has 0 radical (unpaired) electrons. The average Bonchev–Trinajstić information content (AvgIpc) is 3.18. The van der Waals surface area contributed by atoms with Crippen LogP contribution in [0.5, 0.6) is 0 Å². The predicted molar refractivity (Wildman–Crippen MR) is 130 cm³/mol. The minimum atomic E-state index is -0.249. The number of benzene rings is 1. The molecule has 0 aliphatic carbocycles. The van der Waals surface area contributed by atoms with Gasteiger partial charge < -0.3 is 15.1 Å². The molecule has 0 saturated carbocycles. The van der Waals surface area contributed by atoms with Crippen LogP contribution in [0.15, 0.2) is 48.9 Å². The predicted octanol–water partition coefficient (Wildman–Crippen LogP) is 4.77. The van der Waals surface area contributed by atoms with Crippen molar-refractivity contribution in [2.75, 3.05) is 41.3 Å². The monoisotopic (exact) mass is 482 g/mol. The molecule has 5 rings (SSSR count). The molecule has 168 valence electrons. The van der Waals surface area contributed by atoms with Crippen LogP contribution in [-0.4, -0.2) is 47.0 Å². The lowest BCUT2D eigenvalue weighted by molar-refractivity contribution is 0.102. The quantitative estimate of drug-likeness (QED) is 0.452.